The molecule has 0 atom stereocenters. The molecule has 0 aliphatic carbocycles. The smallest absolute Gasteiger partial charge is 0.309 e. The average molecular weight is 285 g/mol. The number of halogens is 6. The third-order valence-corrected chi connectivity index (χ3v) is 2.50. The lowest BCUT2D eigenvalue weighted by molar-refractivity contribution is -0.143. The Bertz CT molecular complexity index is 401. The SMILES string of the molecule is CN(C)CCc1cc(C(F)(F)F)cc(C(F)(F)F)c1. The fraction of sp³-hybridized carbons (Fsp3) is 0.500. The quantitative estimate of drug-likeness (QED) is 0.763. The number of likely N-dealkylation sites (N-methyl/N-ethyl adjacent to an activating group) is 1. The van der Waals surface area contributed by atoms with Gasteiger partial charge in [-0.3, -0.25) is 0 Å². The first-order valence-electron chi connectivity index (χ1n) is 5.43. The normalized spacial score (nSPS) is 13.1. The third kappa shape index (κ3) is 4.74. The molecule has 0 aromatic heterocycles. The molecule has 0 N–H and O–H groups in total. The molecule has 1 nitrogen and oxygen atoms in total. The van der Waals surface area contributed by atoms with Crippen LogP contribution in [0.5, 0.6) is 0 Å². The monoisotopic (exact) mass is 285 g/mol. The zero-order valence-corrected chi connectivity index (χ0v) is 10.4. The van der Waals surface area contributed by atoms with Crippen molar-refractivity contribution in [2.75, 3.05) is 20.6 Å². The predicted molar refractivity (Wildman–Crippen MR) is 58.7 cm³/mol. The number of alkyl halides is 6. The third-order valence-electron chi connectivity index (χ3n) is 2.50. The summed E-state index contributed by atoms with van der Waals surface area (Å²) in [7, 11) is 3.39. The topological polar surface area (TPSA) is 3.24 Å². The Balaban J connectivity index is 3.17. The standard InChI is InChI=1S/C12H13F6N/c1-19(2)4-3-8-5-9(11(13,14)15)7-10(6-8)12(16,17)18/h5-7H,3-4H2,1-2H3. The maximum atomic E-state index is 12.6. The van der Waals surface area contributed by atoms with Crippen molar-refractivity contribution in [2.24, 2.45) is 0 Å². The van der Waals surface area contributed by atoms with Crippen molar-refractivity contribution < 1.29 is 26.3 Å². The van der Waals surface area contributed by atoms with Crippen molar-refractivity contribution in [1.29, 1.82) is 0 Å². The first-order chi connectivity index (χ1) is 8.50. The van der Waals surface area contributed by atoms with Gasteiger partial charge in [-0.15, -0.1) is 0 Å². The Labute approximate surface area is 106 Å². The van der Waals surface area contributed by atoms with Crippen LogP contribution in [0.25, 0.3) is 0 Å². The van der Waals surface area contributed by atoms with E-state index in [1.54, 1.807) is 19.0 Å². The Morgan fingerprint density at radius 2 is 1.26 bits per heavy atom. The Morgan fingerprint density at radius 1 is 0.842 bits per heavy atom. The van der Waals surface area contributed by atoms with E-state index in [-0.39, 0.29) is 18.1 Å². The highest BCUT2D eigenvalue weighted by Gasteiger charge is 2.36. The molecule has 0 amide bonds. The van der Waals surface area contributed by atoms with Crippen LogP contribution in [0.1, 0.15) is 16.7 Å². The summed E-state index contributed by atoms with van der Waals surface area (Å²) in [6, 6.07) is 1.66. The summed E-state index contributed by atoms with van der Waals surface area (Å²) in [5.41, 5.74) is -2.51. The maximum absolute atomic E-state index is 12.6. The molecule has 7 heteroatoms. The molecule has 0 bridgehead atoms. The Kier molecular flexibility index (Phi) is 4.50. The first-order valence-corrected chi connectivity index (χ1v) is 5.43. The minimum Gasteiger partial charge on any atom is -0.309 e. The van der Waals surface area contributed by atoms with Crippen molar-refractivity contribution in [3.05, 3.63) is 34.9 Å². The second-order valence-electron chi connectivity index (χ2n) is 4.47. The van der Waals surface area contributed by atoms with Crippen molar-refractivity contribution >= 4 is 0 Å². The van der Waals surface area contributed by atoms with Gasteiger partial charge in [0.15, 0.2) is 0 Å². The summed E-state index contributed by atoms with van der Waals surface area (Å²) in [6.07, 6.45) is -9.44. The summed E-state index contributed by atoms with van der Waals surface area (Å²) in [5, 5.41) is 0. The zero-order chi connectivity index (χ0) is 14.8. The predicted octanol–water partition coefficient (Wildman–Crippen LogP) is 3.83. The van der Waals surface area contributed by atoms with Crippen molar-refractivity contribution in [2.45, 2.75) is 18.8 Å². The van der Waals surface area contributed by atoms with Gasteiger partial charge >= 0.3 is 12.4 Å². The second kappa shape index (κ2) is 5.40. The summed E-state index contributed by atoms with van der Waals surface area (Å²) < 4.78 is 75.3. The maximum Gasteiger partial charge on any atom is 0.416 e. The fourth-order valence-electron chi connectivity index (χ4n) is 1.52. The van der Waals surface area contributed by atoms with Gasteiger partial charge in [0.2, 0.25) is 0 Å². The molecule has 0 unspecified atom stereocenters. The Morgan fingerprint density at radius 3 is 1.58 bits per heavy atom. The van der Waals surface area contributed by atoms with E-state index in [0.717, 1.165) is 12.1 Å². The molecule has 0 heterocycles. The van der Waals surface area contributed by atoms with Crippen LogP contribution in [0.3, 0.4) is 0 Å². The van der Waals surface area contributed by atoms with Crippen molar-refractivity contribution in [3.8, 4) is 0 Å². The molecule has 0 saturated carbocycles. The summed E-state index contributed by atoms with van der Waals surface area (Å²) in [5.74, 6) is 0. The van der Waals surface area contributed by atoms with Gasteiger partial charge in [0, 0.05) is 6.54 Å². The van der Waals surface area contributed by atoms with Crippen LogP contribution in [0.2, 0.25) is 0 Å². The highest BCUT2D eigenvalue weighted by atomic mass is 19.4. The van der Waals surface area contributed by atoms with Gasteiger partial charge in [-0.1, -0.05) is 0 Å². The van der Waals surface area contributed by atoms with Gasteiger partial charge in [-0.25, -0.2) is 0 Å². The molecule has 0 fully saturated rings. The molecule has 0 aliphatic rings. The molecule has 1 aromatic rings. The van der Waals surface area contributed by atoms with E-state index in [9.17, 15) is 26.3 Å². The molecule has 0 aliphatic heterocycles. The summed E-state index contributed by atoms with van der Waals surface area (Å²) >= 11 is 0. The minimum absolute atomic E-state index is 0.0239. The molecule has 0 saturated heterocycles. The number of rotatable bonds is 3. The lowest BCUT2D eigenvalue weighted by atomic mass is 10.0. The van der Waals surface area contributed by atoms with Crippen molar-refractivity contribution in [1.82, 2.24) is 4.90 Å². The summed E-state index contributed by atoms with van der Waals surface area (Å²) in [6.45, 7) is 0.374. The molecule has 19 heavy (non-hydrogen) atoms. The van der Waals surface area contributed by atoms with Crippen LogP contribution in [0, 0.1) is 0 Å². The number of hydrogen-bond acceptors (Lipinski definition) is 1. The molecular weight excluding hydrogens is 272 g/mol. The second-order valence-corrected chi connectivity index (χ2v) is 4.47. The van der Waals surface area contributed by atoms with E-state index >= 15 is 0 Å². The van der Waals surface area contributed by atoms with E-state index in [0.29, 0.717) is 6.54 Å². The Hall–Kier alpha value is -1.24. The molecular formula is C12H13F6N. The van der Waals surface area contributed by atoms with Crippen LogP contribution >= 0.6 is 0 Å². The van der Waals surface area contributed by atoms with Crippen LogP contribution in [-0.4, -0.2) is 25.5 Å². The van der Waals surface area contributed by atoms with Gasteiger partial charge in [0.25, 0.3) is 0 Å². The van der Waals surface area contributed by atoms with Gasteiger partial charge in [0.1, 0.15) is 0 Å². The number of nitrogens with zero attached hydrogens (tertiary/aromatic N) is 1. The van der Waals surface area contributed by atoms with E-state index in [1.165, 1.54) is 0 Å². The zero-order valence-electron chi connectivity index (χ0n) is 10.4. The average Bonchev–Trinajstić information content (AvgIpc) is 2.23. The van der Waals surface area contributed by atoms with E-state index in [4.69, 9.17) is 0 Å². The van der Waals surface area contributed by atoms with E-state index in [2.05, 4.69) is 0 Å². The number of hydrogen-bond donors (Lipinski definition) is 0. The highest BCUT2D eigenvalue weighted by molar-refractivity contribution is 5.33. The number of benzene rings is 1. The molecule has 1 rings (SSSR count). The molecule has 108 valence electrons. The van der Waals surface area contributed by atoms with Gasteiger partial charge in [-0.2, -0.15) is 26.3 Å². The van der Waals surface area contributed by atoms with Gasteiger partial charge in [0.05, 0.1) is 11.1 Å². The van der Waals surface area contributed by atoms with Crippen LogP contribution in [0.4, 0.5) is 26.3 Å². The lowest BCUT2D eigenvalue weighted by Crippen LogP contribution is -2.17. The van der Waals surface area contributed by atoms with Crippen LogP contribution < -0.4 is 0 Å². The van der Waals surface area contributed by atoms with Gasteiger partial charge in [-0.05, 0) is 44.3 Å². The first kappa shape index (κ1) is 15.8. The minimum atomic E-state index is -4.78. The highest BCUT2D eigenvalue weighted by Crippen LogP contribution is 2.36. The van der Waals surface area contributed by atoms with Crippen molar-refractivity contribution in [3.63, 3.8) is 0 Å². The van der Waals surface area contributed by atoms with E-state index in [1.807, 2.05) is 0 Å². The van der Waals surface area contributed by atoms with Crippen LogP contribution in [-0.2, 0) is 18.8 Å². The van der Waals surface area contributed by atoms with Crippen LogP contribution in [0.15, 0.2) is 18.2 Å². The molecule has 0 radical (unpaired) electrons. The molecule has 1 aromatic carbocycles. The molecule has 0 spiro atoms. The van der Waals surface area contributed by atoms with Gasteiger partial charge < -0.3 is 4.90 Å². The fourth-order valence-corrected chi connectivity index (χ4v) is 1.52. The lowest BCUT2D eigenvalue weighted by Gasteiger charge is -2.15. The van der Waals surface area contributed by atoms with E-state index < -0.39 is 23.5 Å². The largest absolute Gasteiger partial charge is 0.416 e. The summed E-state index contributed by atoms with van der Waals surface area (Å²) in [4.78, 5) is 1.69.